The quantitative estimate of drug-likeness (QED) is 0.309. The first-order valence-corrected chi connectivity index (χ1v) is 11.1. The maximum atomic E-state index is 12.2. The summed E-state index contributed by atoms with van der Waals surface area (Å²) in [5.41, 5.74) is 2.19. The molecule has 29 heavy (non-hydrogen) atoms. The Kier molecular flexibility index (Phi) is 8.53. The average molecular weight is 422 g/mol. The Balaban J connectivity index is 1.83. The largest absolute Gasteiger partial charge is 0.493 e. The molecule has 0 fully saturated rings. The van der Waals surface area contributed by atoms with Crippen LogP contribution in [0.1, 0.15) is 24.5 Å². The van der Waals surface area contributed by atoms with Crippen molar-refractivity contribution in [3.63, 3.8) is 0 Å². The Labute approximate surface area is 173 Å². The summed E-state index contributed by atoms with van der Waals surface area (Å²) in [5.74, 6) is 1.45. The van der Waals surface area contributed by atoms with Crippen LogP contribution in [0.15, 0.2) is 46.5 Å². The van der Waals surface area contributed by atoms with Gasteiger partial charge in [-0.05, 0) is 31.0 Å². The maximum absolute atomic E-state index is 12.2. The first-order chi connectivity index (χ1) is 13.9. The second kappa shape index (κ2) is 10.9. The molecular formula is C20H31N5O3S. The highest BCUT2D eigenvalue weighted by molar-refractivity contribution is 7.89. The molecule has 2 rings (SSSR count). The van der Waals surface area contributed by atoms with E-state index in [1.54, 1.807) is 37.1 Å². The Morgan fingerprint density at radius 3 is 2.66 bits per heavy atom. The van der Waals surface area contributed by atoms with Crippen molar-refractivity contribution in [1.29, 1.82) is 0 Å². The summed E-state index contributed by atoms with van der Waals surface area (Å²) in [6.45, 7) is 5.98. The molecular weight excluding hydrogens is 390 g/mol. The lowest BCUT2D eigenvalue weighted by atomic mass is 10.1. The molecule has 0 unspecified atom stereocenters. The molecule has 8 nitrogen and oxygen atoms in total. The summed E-state index contributed by atoms with van der Waals surface area (Å²) < 4.78 is 34.5. The molecule has 1 heterocycles. The molecule has 0 aliphatic rings. The van der Waals surface area contributed by atoms with Crippen LogP contribution in [0.25, 0.3) is 0 Å². The molecule has 0 aliphatic heterocycles. The van der Waals surface area contributed by atoms with E-state index in [4.69, 9.17) is 4.74 Å². The van der Waals surface area contributed by atoms with Crippen molar-refractivity contribution in [2.24, 2.45) is 12.0 Å². The Bertz CT molecular complexity index is 922. The van der Waals surface area contributed by atoms with E-state index in [2.05, 4.69) is 27.3 Å². The van der Waals surface area contributed by atoms with Gasteiger partial charge in [0.25, 0.3) is 0 Å². The number of benzene rings is 1. The van der Waals surface area contributed by atoms with Gasteiger partial charge in [-0.25, -0.2) is 13.1 Å². The SMILES string of the molecule is CCCOc1cc(C)ccc1CNC(=NC)NCCNS(=O)(=O)c1ccn(C)c1. The summed E-state index contributed by atoms with van der Waals surface area (Å²) in [7, 11) is -0.0512. The molecule has 0 radical (unpaired) electrons. The smallest absolute Gasteiger partial charge is 0.242 e. The van der Waals surface area contributed by atoms with Crippen LogP contribution in [0.4, 0.5) is 0 Å². The van der Waals surface area contributed by atoms with Crippen molar-refractivity contribution in [2.75, 3.05) is 26.7 Å². The van der Waals surface area contributed by atoms with Gasteiger partial charge in [-0.3, -0.25) is 4.99 Å². The third-order valence-corrected chi connectivity index (χ3v) is 5.63. The van der Waals surface area contributed by atoms with Crippen molar-refractivity contribution >= 4 is 16.0 Å². The minimum atomic E-state index is -3.51. The van der Waals surface area contributed by atoms with Crippen molar-refractivity contribution in [3.8, 4) is 5.75 Å². The van der Waals surface area contributed by atoms with Crippen molar-refractivity contribution in [3.05, 3.63) is 47.8 Å². The third kappa shape index (κ3) is 7.10. The lowest BCUT2D eigenvalue weighted by molar-refractivity contribution is 0.313. The highest BCUT2D eigenvalue weighted by Crippen LogP contribution is 2.20. The van der Waals surface area contributed by atoms with Gasteiger partial charge in [0.05, 0.1) is 11.5 Å². The first-order valence-electron chi connectivity index (χ1n) is 9.64. The van der Waals surface area contributed by atoms with E-state index < -0.39 is 10.0 Å². The molecule has 1 aromatic heterocycles. The van der Waals surface area contributed by atoms with E-state index in [-0.39, 0.29) is 11.4 Å². The highest BCUT2D eigenvalue weighted by Gasteiger charge is 2.14. The van der Waals surface area contributed by atoms with Crippen LogP contribution in [0.2, 0.25) is 0 Å². The molecule has 0 amide bonds. The van der Waals surface area contributed by atoms with E-state index >= 15 is 0 Å². The van der Waals surface area contributed by atoms with Crippen LogP contribution in [-0.4, -0.2) is 45.7 Å². The van der Waals surface area contributed by atoms with Crippen LogP contribution < -0.4 is 20.1 Å². The molecule has 1 aromatic carbocycles. The number of rotatable bonds is 10. The zero-order valence-corrected chi connectivity index (χ0v) is 18.3. The summed E-state index contributed by atoms with van der Waals surface area (Å²) in [6.07, 6.45) is 4.21. The first kappa shape index (κ1) is 22.8. The van der Waals surface area contributed by atoms with Gasteiger partial charge in [-0.1, -0.05) is 19.1 Å². The monoisotopic (exact) mass is 421 g/mol. The fourth-order valence-electron chi connectivity index (χ4n) is 2.64. The Morgan fingerprint density at radius 1 is 1.21 bits per heavy atom. The summed E-state index contributed by atoms with van der Waals surface area (Å²) >= 11 is 0. The number of aryl methyl sites for hydroxylation is 2. The predicted molar refractivity (Wildman–Crippen MR) is 116 cm³/mol. The number of sulfonamides is 1. The number of nitrogens with zero attached hydrogens (tertiary/aromatic N) is 2. The highest BCUT2D eigenvalue weighted by atomic mass is 32.2. The molecule has 3 N–H and O–H groups in total. The molecule has 0 atom stereocenters. The molecule has 0 saturated heterocycles. The molecule has 0 bridgehead atoms. The van der Waals surface area contributed by atoms with Gasteiger partial charge in [0.1, 0.15) is 5.75 Å². The van der Waals surface area contributed by atoms with Crippen molar-refractivity contribution < 1.29 is 13.2 Å². The van der Waals surface area contributed by atoms with Gasteiger partial charge in [0.15, 0.2) is 5.96 Å². The minimum absolute atomic E-state index is 0.243. The third-order valence-electron chi connectivity index (χ3n) is 4.18. The number of ether oxygens (including phenoxy) is 1. The lowest BCUT2D eigenvalue weighted by Gasteiger charge is -2.15. The molecule has 0 spiro atoms. The van der Waals surface area contributed by atoms with Gasteiger partial charge in [0.2, 0.25) is 10.0 Å². The number of aliphatic imine (C=N–C) groups is 1. The van der Waals surface area contributed by atoms with E-state index in [0.29, 0.717) is 25.7 Å². The van der Waals surface area contributed by atoms with E-state index in [9.17, 15) is 8.42 Å². The van der Waals surface area contributed by atoms with Gasteiger partial charge in [0, 0.05) is 51.7 Å². The summed E-state index contributed by atoms with van der Waals surface area (Å²) in [4.78, 5) is 4.43. The van der Waals surface area contributed by atoms with E-state index in [0.717, 1.165) is 23.3 Å². The molecule has 0 aliphatic carbocycles. The van der Waals surface area contributed by atoms with Crippen LogP contribution in [0.5, 0.6) is 5.75 Å². The van der Waals surface area contributed by atoms with E-state index in [1.807, 2.05) is 25.1 Å². The standard InChI is InChI=1S/C20H31N5O3S/c1-5-12-28-19-13-16(2)6-7-17(19)14-23-20(21-3)22-9-10-24-29(26,27)18-8-11-25(4)15-18/h6-8,11,13,15,24H,5,9-10,12,14H2,1-4H3,(H2,21,22,23). The summed E-state index contributed by atoms with van der Waals surface area (Å²) in [5, 5.41) is 6.34. The number of aromatic nitrogens is 1. The van der Waals surface area contributed by atoms with Gasteiger partial charge in [-0.15, -0.1) is 0 Å². The number of hydrogen-bond donors (Lipinski definition) is 3. The van der Waals surface area contributed by atoms with Gasteiger partial charge in [-0.2, -0.15) is 0 Å². The molecule has 2 aromatic rings. The maximum Gasteiger partial charge on any atom is 0.242 e. The second-order valence-electron chi connectivity index (χ2n) is 6.72. The Hall–Kier alpha value is -2.52. The number of nitrogens with one attached hydrogen (secondary N) is 3. The Morgan fingerprint density at radius 2 is 2.00 bits per heavy atom. The number of hydrogen-bond acceptors (Lipinski definition) is 4. The van der Waals surface area contributed by atoms with E-state index in [1.165, 1.54) is 0 Å². The fourth-order valence-corrected chi connectivity index (χ4v) is 3.72. The second-order valence-corrected chi connectivity index (χ2v) is 8.49. The van der Waals surface area contributed by atoms with Gasteiger partial charge < -0.3 is 19.9 Å². The van der Waals surface area contributed by atoms with Crippen LogP contribution in [-0.2, 0) is 23.6 Å². The zero-order valence-electron chi connectivity index (χ0n) is 17.5. The average Bonchev–Trinajstić information content (AvgIpc) is 3.14. The minimum Gasteiger partial charge on any atom is -0.493 e. The van der Waals surface area contributed by atoms with Crippen LogP contribution in [0.3, 0.4) is 0 Å². The summed E-state index contributed by atoms with van der Waals surface area (Å²) in [6, 6.07) is 7.68. The molecule has 160 valence electrons. The predicted octanol–water partition coefficient (Wildman–Crippen LogP) is 1.77. The normalized spacial score (nSPS) is 12.1. The van der Waals surface area contributed by atoms with Crippen molar-refractivity contribution in [1.82, 2.24) is 19.9 Å². The topological polar surface area (TPSA) is 96.8 Å². The van der Waals surface area contributed by atoms with Crippen molar-refractivity contribution in [2.45, 2.75) is 31.7 Å². The zero-order chi connectivity index (χ0) is 21.3. The lowest BCUT2D eigenvalue weighted by Crippen LogP contribution is -2.41. The van der Waals surface area contributed by atoms with Crippen LogP contribution >= 0.6 is 0 Å². The van der Waals surface area contributed by atoms with Gasteiger partial charge >= 0.3 is 0 Å². The fraction of sp³-hybridized carbons (Fsp3) is 0.450. The molecule has 0 saturated carbocycles. The molecule has 9 heteroatoms. The number of guanidine groups is 1. The van der Waals surface area contributed by atoms with Crippen LogP contribution in [0, 0.1) is 6.92 Å².